The van der Waals surface area contributed by atoms with Crippen LogP contribution >= 0.6 is 11.6 Å². The minimum absolute atomic E-state index is 0.130. The van der Waals surface area contributed by atoms with E-state index in [0.29, 0.717) is 11.4 Å². The van der Waals surface area contributed by atoms with Crippen molar-refractivity contribution in [3.63, 3.8) is 0 Å². The largest absolute Gasteiger partial charge is 0.351 e. The van der Waals surface area contributed by atoms with E-state index in [4.69, 9.17) is 16.2 Å². The quantitative estimate of drug-likeness (QED) is 0.622. The molecule has 2 N–H and O–H groups in total. The molecule has 0 aliphatic carbocycles. The molecule has 0 aliphatic rings. The SMILES string of the molecule is O=C(NCCS(=O)(=O)O)c1ccc(CCl)cc1. The molecule has 1 amide bonds. The molecule has 5 nitrogen and oxygen atoms in total. The number of carbonyl (C=O) groups is 1. The first-order chi connectivity index (χ1) is 7.92. The Hall–Kier alpha value is -1.11. The zero-order chi connectivity index (χ0) is 12.9. The average molecular weight is 278 g/mol. The van der Waals surface area contributed by atoms with E-state index < -0.39 is 21.8 Å². The number of hydrogen-bond donors (Lipinski definition) is 2. The van der Waals surface area contributed by atoms with Crippen molar-refractivity contribution in [3.8, 4) is 0 Å². The van der Waals surface area contributed by atoms with Crippen LogP contribution in [-0.2, 0) is 16.0 Å². The summed E-state index contributed by atoms with van der Waals surface area (Å²) in [5.41, 5.74) is 1.30. The van der Waals surface area contributed by atoms with Crippen molar-refractivity contribution in [3.05, 3.63) is 35.4 Å². The van der Waals surface area contributed by atoms with Gasteiger partial charge < -0.3 is 5.32 Å². The van der Waals surface area contributed by atoms with Crippen LogP contribution < -0.4 is 5.32 Å². The lowest BCUT2D eigenvalue weighted by atomic mass is 10.1. The zero-order valence-corrected chi connectivity index (χ0v) is 10.5. The molecular weight excluding hydrogens is 266 g/mol. The number of amides is 1. The molecule has 0 fully saturated rings. The number of carbonyl (C=O) groups excluding carboxylic acids is 1. The third kappa shape index (κ3) is 5.16. The Kier molecular flexibility index (Phi) is 4.92. The standard InChI is InChI=1S/C10H12ClNO4S/c11-7-8-1-3-9(4-2-8)10(13)12-5-6-17(14,15)16/h1-4H,5-7H2,(H,12,13)(H,14,15,16). The summed E-state index contributed by atoms with van der Waals surface area (Å²) in [6, 6.07) is 6.62. The van der Waals surface area contributed by atoms with E-state index in [-0.39, 0.29) is 6.54 Å². The molecule has 1 rings (SSSR count). The summed E-state index contributed by atoms with van der Waals surface area (Å²) in [5, 5.41) is 2.38. The van der Waals surface area contributed by atoms with Crippen LogP contribution in [0.3, 0.4) is 0 Å². The highest BCUT2D eigenvalue weighted by Gasteiger charge is 2.08. The maximum atomic E-state index is 11.5. The predicted molar refractivity (Wildman–Crippen MR) is 64.7 cm³/mol. The maximum Gasteiger partial charge on any atom is 0.266 e. The highest BCUT2D eigenvalue weighted by Crippen LogP contribution is 2.06. The van der Waals surface area contributed by atoms with Crippen LogP contribution in [-0.4, -0.2) is 31.2 Å². The van der Waals surface area contributed by atoms with E-state index in [2.05, 4.69) is 5.32 Å². The average Bonchev–Trinajstić information content (AvgIpc) is 2.27. The van der Waals surface area contributed by atoms with Gasteiger partial charge in [-0.3, -0.25) is 9.35 Å². The highest BCUT2D eigenvalue weighted by atomic mass is 35.5. The first-order valence-electron chi connectivity index (χ1n) is 4.80. The molecule has 0 radical (unpaired) electrons. The summed E-state index contributed by atoms with van der Waals surface area (Å²) in [6.07, 6.45) is 0. The van der Waals surface area contributed by atoms with Gasteiger partial charge in [0.25, 0.3) is 16.0 Å². The molecule has 0 saturated carbocycles. The Balaban J connectivity index is 2.52. The number of halogens is 1. The topological polar surface area (TPSA) is 83.5 Å². The predicted octanol–water partition coefficient (Wildman–Crippen LogP) is 1.04. The van der Waals surface area contributed by atoms with Gasteiger partial charge in [0.05, 0.1) is 5.75 Å². The van der Waals surface area contributed by atoms with Crippen molar-refractivity contribution in [2.24, 2.45) is 0 Å². The van der Waals surface area contributed by atoms with Crippen molar-refractivity contribution in [2.45, 2.75) is 5.88 Å². The Labute approximate surface area is 105 Å². The van der Waals surface area contributed by atoms with Crippen LogP contribution in [0.15, 0.2) is 24.3 Å². The van der Waals surface area contributed by atoms with Crippen LogP contribution in [0.2, 0.25) is 0 Å². The van der Waals surface area contributed by atoms with Crippen LogP contribution in [0.5, 0.6) is 0 Å². The summed E-state index contributed by atoms with van der Waals surface area (Å²) in [7, 11) is -4.04. The van der Waals surface area contributed by atoms with E-state index >= 15 is 0 Å². The van der Waals surface area contributed by atoms with Gasteiger partial charge in [-0.25, -0.2) is 0 Å². The van der Waals surface area contributed by atoms with Crippen molar-refractivity contribution in [1.29, 1.82) is 0 Å². The summed E-state index contributed by atoms with van der Waals surface area (Å²) in [4.78, 5) is 11.5. The van der Waals surface area contributed by atoms with E-state index in [0.717, 1.165) is 5.56 Å². The van der Waals surface area contributed by atoms with Gasteiger partial charge in [0, 0.05) is 18.0 Å². The van der Waals surface area contributed by atoms with Gasteiger partial charge in [-0.15, -0.1) is 11.6 Å². The second-order valence-electron chi connectivity index (χ2n) is 3.37. The Morgan fingerprint density at radius 2 is 1.88 bits per heavy atom. The molecule has 94 valence electrons. The number of benzene rings is 1. The minimum atomic E-state index is -4.04. The molecule has 17 heavy (non-hydrogen) atoms. The summed E-state index contributed by atoms with van der Waals surface area (Å²) in [6.45, 7) is -0.130. The lowest BCUT2D eigenvalue weighted by molar-refractivity contribution is 0.0956. The number of nitrogens with one attached hydrogen (secondary N) is 1. The minimum Gasteiger partial charge on any atom is -0.351 e. The molecule has 0 bridgehead atoms. The van der Waals surface area contributed by atoms with E-state index in [1.807, 2.05) is 0 Å². The molecule has 1 aromatic rings. The fourth-order valence-corrected chi connectivity index (χ4v) is 1.68. The fourth-order valence-electron chi connectivity index (χ4n) is 1.14. The second kappa shape index (κ2) is 6.00. The van der Waals surface area contributed by atoms with Crippen molar-refractivity contribution in [2.75, 3.05) is 12.3 Å². The summed E-state index contributed by atoms with van der Waals surface area (Å²) >= 11 is 5.60. The van der Waals surface area contributed by atoms with Gasteiger partial charge in [0.1, 0.15) is 0 Å². The lowest BCUT2D eigenvalue weighted by Crippen LogP contribution is -2.28. The third-order valence-corrected chi connectivity index (χ3v) is 3.04. The highest BCUT2D eigenvalue weighted by molar-refractivity contribution is 7.85. The first-order valence-corrected chi connectivity index (χ1v) is 6.95. The lowest BCUT2D eigenvalue weighted by Gasteiger charge is -2.04. The smallest absolute Gasteiger partial charge is 0.266 e. The summed E-state index contributed by atoms with van der Waals surface area (Å²) < 4.78 is 29.3. The van der Waals surface area contributed by atoms with Crippen molar-refractivity contribution < 1.29 is 17.8 Å². The third-order valence-electron chi connectivity index (χ3n) is 2.02. The molecule has 7 heteroatoms. The molecule has 0 saturated heterocycles. The van der Waals surface area contributed by atoms with Gasteiger partial charge in [-0.05, 0) is 17.7 Å². The van der Waals surface area contributed by atoms with Crippen LogP contribution in [0, 0.1) is 0 Å². The Morgan fingerprint density at radius 1 is 1.29 bits per heavy atom. The molecule has 0 unspecified atom stereocenters. The fraction of sp³-hybridized carbons (Fsp3) is 0.300. The number of hydrogen-bond acceptors (Lipinski definition) is 3. The van der Waals surface area contributed by atoms with Crippen LogP contribution in [0.4, 0.5) is 0 Å². The molecule has 0 aromatic heterocycles. The van der Waals surface area contributed by atoms with E-state index in [9.17, 15) is 13.2 Å². The van der Waals surface area contributed by atoms with Crippen LogP contribution in [0.1, 0.15) is 15.9 Å². The molecular formula is C10H12ClNO4S. The van der Waals surface area contributed by atoms with Gasteiger partial charge in [0.15, 0.2) is 0 Å². The van der Waals surface area contributed by atoms with E-state index in [1.165, 1.54) is 0 Å². The van der Waals surface area contributed by atoms with Gasteiger partial charge in [0.2, 0.25) is 0 Å². The second-order valence-corrected chi connectivity index (χ2v) is 5.21. The summed E-state index contributed by atoms with van der Waals surface area (Å²) in [5.74, 6) is -0.529. The molecule has 1 aromatic carbocycles. The zero-order valence-electron chi connectivity index (χ0n) is 8.89. The molecule has 0 heterocycles. The van der Waals surface area contributed by atoms with Gasteiger partial charge in [-0.2, -0.15) is 8.42 Å². The van der Waals surface area contributed by atoms with Crippen molar-refractivity contribution in [1.82, 2.24) is 5.32 Å². The number of alkyl halides is 1. The Morgan fingerprint density at radius 3 is 2.35 bits per heavy atom. The molecule has 0 atom stereocenters. The van der Waals surface area contributed by atoms with Crippen LogP contribution in [0.25, 0.3) is 0 Å². The molecule has 0 spiro atoms. The maximum absolute atomic E-state index is 11.5. The Bertz CT molecular complexity index is 484. The number of rotatable bonds is 5. The monoisotopic (exact) mass is 277 g/mol. The first kappa shape index (κ1) is 14.0. The van der Waals surface area contributed by atoms with Crippen molar-refractivity contribution >= 4 is 27.6 Å². The van der Waals surface area contributed by atoms with E-state index in [1.54, 1.807) is 24.3 Å². The van der Waals surface area contributed by atoms with Gasteiger partial charge in [-0.1, -0.05) is 12.1 Å². The molecule has 0 aliphatic heterocycles. The normalized spacial score (nSPS) is 11.2. The van der Waals surface area contributed by atoms with Gasteiger partial charge >= 0.3 is 0 Å².